The largest absolute Gasteiger partial charge is 0.368 e. The number of hydrogen-bond acceptors (Lipinski definition) is 5. The minimum Gasteiger partial charge on any atom is -0.368 e. The lowest BCUT2D eigenvalue weighted by Crippen LogP contribution is -2.12. The van der Waals surface area contributed by atoms with Crippen LogP contribution in [0.5, 0.6) is 0 Å². The summed E-state index contributed by atoms with van der Waals surface area (Å²) >= 11 is 0. The van der Waals surface area contributed by atoms with E-state index in [9.17, 15) is 4.79 Å². The zero-order chi connectivity index (χ0) is 16.1. The molecule has 0 unspecified atom stereocenters. The average Bonchev–Trinajstić information content (AvgIpc) is 2.39. The number of hydrogen-bond donors (Lipinski definition) is 3. The van der Waals surface area contributed by atoms with Crippen LogP contribution in [0.4, 0.5) is 23.0 Å². The van der Waals surface area contributed by atoms with Gasteiger partial charge in [0.15, 0.2) is 0 Å². The smallest absolute Gasteiger partial charge is 0.221 e. The van der Waals surface area contributed by atoms with Crippen molar-refractivity contribution in [1.29, 1.82) is 0 Å². The summed E-state index contributed by atoms with van der Waals surface area (Å²) in [5, 5.41) is 9.23. The average molecular weight is 299 g/mol. The molecule has 0 aliphatic heterocycles. The first-order valence-electron chi connectivity index (χ1n) is 7.19. The third-order valence-electron chi connectivity index (χ3n) is 2.75. The highest BCUT2D eigenvalue weighted by molar-refractivity contribution is 5.88. The normalized spacial score (nSPS) is 10.4. The highest BCUT2D eigenvalue weighted by atomic mass is 16.1. The monoisotopic (exact) mass is 299 g/mol. The first-order chi connectivity index (χ1) is 10.4. The minimum atomic E-state index is -0.0865. The molecule has 0 fully saturated rings. The van der Waals surface area contributed by atoms with Crippen molar-refractivity contribution in [2.75, 3.05) is 16.0 Å². The summed E-state index contributed by atoms with van der Waals surface area (Å²) < 4.78 is 0. The summed E-state index contributed by atoms with van der Waals surface area (Å²) in [6, 6.07) is 9.63. The van der Waals surface area contributed by atoms with Gasteiger partial charge in [0.2, 0.25) is 5.91 Å². The van der Waals surface area contributed by atoms with Crippen molar-refractivity contribution in [3.05, 3.63) is 36.2 Å². The van der Waals surface area contributed by atoms with Crippen molar-refractivity contribution < 1.29 is 4.79 Å². The van der Waals surface area contributed by atoms with Gasteiger partial charge in [0.25, 0.3) is 0 Å². The van der Waals surface area contributed by atoms with Crippen LogP contribution in [0.1, 0.15) is 26.6 Å². The lowest BCUT2D eigenvalue weighted by molar-refractivity contribution is -0.114. The van der Waals surface area contributed by atoms with E-state index in [0.717, 1.165) is 23.0 Å². The molecule has 0 atom stereocenters. The molecule has 0 bridgehead atoms. The van der Waals surface area contributed by atoms with Crippen LogP contribution in [0.3, 0.4) is 0 Å². The Morgan fingerprint density at radius 1 is 1.05 bits per heavy atom. The van der Waals surface area contributed by atoms with Crippen LogP contribution in [0, 0.1) is 6.92 Å². The van der Waals surface area contributed by atoms with E-state index in [1.54, 1.807) is 0 Å². The Morgan fingerprint density at radius 2 is 1.64 bits per heavy atom. The van der Waals surface area contributed by atoms with Crippen LogP contribution in [0.2, 0.25) is 0 Å². The van der Waals surface area contributed by atoms with E-state index in [-0.39, 0.29) is 5.91 Å². The third kappa shape index (κ3) is 4.73. The number of rotatable bonds is 5. The lowest BCUT2D eigenvalue weighted by Gasteiger charge is -2.12. The van der Waals surface area contributed by atoms with Crippen LogP contribution in [0.15, 0.2) is 30.3 Å². The molecule has 0 saturated carbocycles. The molecule has 0 radical (unpaired) electrons. The second-order valence-electron chi connectivity index (χ2n) is 5.37. The van der Waals surface area contributed by atoms with Crippen molar-refractivity contribution in [3.8, 4) is 0 Å². The zero-order valence-electron chi connectivity index (χ0n) is 13.3. The molecule has 0 spiro atoms. The molecule has 0 aliphatic carbocycles. The molecular weight excluding hydrogens is 278 g/mol. The number of nitrogens with zero attached hydrogens (tertiary/aromatic N) is 2. The van der Waals surface area contributed by atoms with Gasteiger partial charge in [-0.25, -0.2) is 9.97 Å². The van der Waals surface area contributed by atoms with E-state index in [1.807, 2.05) is 37.3 Å². The van der Waals surface area contributed by atoms with Crippen molar-refractivity contribution in [3.63, 3.8) is 0 Å². The highest BCUT2D eigenvalue weighted by Crippen LogP contribution is 2.19. The summed E-state index contributed by atoms with van der Waals surface area (Å²) in [6.45, 7) is 7.46. The van der Waals surface area contributed by atoms with E-state index in [0.29, 0.717) is 11.9 Å². The molecule has 2 rings (SSSR count). The molecule has 1 aromatic heterocycles. The van der Waals surface area contributed by atoms with Crippen LogP contribution >= 0.6 is 0 Å². The number of aryl methyl sites for hydroxylation is 1. The van der Waals surface area contributed by atoms with Gasteiger partial charge in [0.1, 0.15) is 17.5 Å². The van der Waals surface area contributed by atoms with Crippen molar-refractivity contribution in [2.45, 2.75) is 33.7 Å². The summed E-state index contributed by atoms with van der Waals surface area (Å²) in [4.78, 5) is 19.7. The quantitative estimate of drug-likeness (QED) is 0.789. The molecular formula is C16H21N5O. The van der Waals surface area contributed by atoms with Gasteiger partial charge in [-0.1, -0.05) is 0 Å². The van der Waals surface area contributed by atoms with E-state index in [2.05, 4.69) is 39.8 Å². The maximum atomic E-state index is 11.0. The Kier molecular flexibility index (Phi) is 4.93. The van der Waals surface area contributed by atoms with Crippen LogP contribution in [-0.4, -0.2) is 21.9 Å². The number of carbonyl (C=O) groups excluding carboxylic acids is 1. The van der Waals surface area contributed by atoms with E-state index in [4.69, 9.17) is 0 Å². The molecule has 2 aromatic rings. The fourth-order valence-corrected chi connectivity index (χ4v) is 1.99. The molecule has 1 amide bonds. The molecule has 1 heterocycles. The lowest BCUT2D eigenvalue weighted by atomic mass is 10.2. The zero-order valence-corrected chi connectivity index (χ0v) is 13.3. The molecule has 6 nitrogen and oxygen atoms in total. The van der Waals surface area contributed by atoms with Gasteiger partial charge in [-0.15, -0.1) is 0 Å². The van der Waals surface area contributed by atoms with E-state index >= 15 is 0 Å². The number of anilines is 4. The summed E-state index contributed by atoms with van der Waals surface area (Å²) in [6.07, 6.45) is 0. The molecule has 22 heavy (non-hydrogen) atoms. The number of aromatic nitrogens is 2. The third-order valence-corrected chi connectivity index (χ3v) is 2.75. The minimum absolute atomic E-state index is 0.0865. The summed E-state index contributed by atoms with van der Waals surface area (Å²) in [5.41, 5.74) is 1.65. The number of carbonyl (C=O) groups is 1. The Balaban J connectivity index is 2.12. The molecule has 1 aromatic carbocycles. The second kappa shape index (κ2) is 6.89. The standard InChI is InChI=1S/C16H21N5O/c1-10(2)17-15-9-16(19-11(3)18-15)21-14-7-5-13(6-8-14)20-12(4)22/h5-10H,1-4H3,(H,20,22)(H2,17,18,19,21). The number of nitrogens with one attached hydrogen (secondary N) is 3. The predicted molar refractivity (Wildman–Crippen MR) is 89.6 cm³/mol. The van der Waals surface area contributed by atoms with Gasteiger partial charge in [-0.3, -0.25) is 4.79 Å². The first-order valence-corrected chi connectivity index (χ1v) is 7.19. The summed E-state index contributed by atoms with van der Waals surface area (Å²) in [7, 11) is 0. The SMILES string of the molecule is CC(=O)Nc1ccc(Nc2cc(NC(C)C)nc(C)n2)cc1. The van der Waals surface area contributed by atoms with Gasteiger partial charge >= 0.3 is 0 Å². The maximum absolute atomic E-state index is 11.0. The van der Waals surface area contributed by atoms with Gasteiger partial charge in [0, 0.05) is 30.4 Å². The fourth-order valence-electron chi connectivity index (χ4n) is 1.99. The molecule has 0 saturated heterocycles. The summed E-state index contributed by atoms with van der Waals surface area (Å²) in [5.74, 6) is 2.13. The van der Waals surface area contributed by atoms with Crippen LogP contribution in [-0.2, 0) is 4.79 Å². The highest BCUT2D eigenvalue weighted by Gasteiger charge is 2.04. The number of amides is 1. The van der Waals surface area contributed by atoms with Gasteiger partial charge in [-0.2, -0.15) is 0 Å². The first kappa shape index (κ1) is 15.8. The maximum Gasteiger partial charge on any atom is 0.221 e. The Labute approximate surface area is 130 Å². The Morgan fingerprint density at radius 3 is 2.23 bits per heavy atom. The predicted octanol–water partition coefficient (Wildman–Crippen LogP) is 3.31. The van der Waals surface area contributed by atoms with E-state index in [1.165, 1.54) is 6.92 Å². The van der Waals surface area contributed by atoms with Crippen molar-refractivity contribution in [2.24, 2.45) is 0 Å². The van der Waals surface area contributed by atoms with Crippen molar-refractivity contribution in [1.82, 2.24) is 9.97 Å². The molecule has 0 aliphatic rings. The van der Waals surface area contributed by atoms with Gasteiger partial charge < -0.3 is 16.0 Å². The fraction of sp³-hybridized carbons (Fsp3) is 0.312. The second-order valence-corrected chi connectivity index (χ2v) is 5.37. The molecule has 6 heteroatoms. The van der Waals surface area contributed by atoms with Crippen LogP contribution < -0.4 is 16.0 Å². The Hall–Kier alpha value is -2.63. The molecule has 116 valence electrons. The van der Waals surface area contributed by atoms with Crippen molar-refractivity contribution >= 4 is 28.9 Å². The topological polar surface area (TPSA) is 78.9 Å². The van der Waals surface area contributed by atoms with Crippen LogP contribution in [0.25, 0.3) is 0 Å². The Bertz CT molecular complexity index is 652. The number of benzene rings is 1. The molecule has 3 N–H and O–H groups in total. The van der Waals surface area contributed by atoms with Gasteiger partial charge in [0.05, 0.1) is 0 Å². The van der Waals surface area contributed by atoms with Gasteiger partial charge in [-0.05, 0) is 45.0 Å². The van der Waals surface area contributed by atoms with E-state index < -0.39 is 0 Å².